The predicted molar refractivity (Wildman–Crippen MR) is 38.1 cm³/mol. The van der Waals surface area contributed by atoms with Gasteiger partial charge in [0.25, 0.3) is 0 Å². The summed E-state index contributed by atoms with van der Waals surface area (Å²) in [5.74, 6) is -1.22. The summed E-state index contributed by atoms with van der Waals surface area (Å²) >= 11 is 0. The van der Waals surface area contributed by atoms with Crippen molar-refractivity contribution in [1.29, 1.82) is 0 Å². The SMILES string of the molecule is CN1C[C@H](CC(=O)O)[C@H](F)C1. The highest BCUT2D eigenvalue weighted by atomic mass is 19.1. The summed E-state index contributed by atoms with van der Waals surface area (Å²) in [5, 5.41) is 8.39. The lowest BCUT2D eigenvalue weighted by molar-refractivity contribution is -0.138. The van der Waals surface area contributed by atoms with Gasteiger partial charge in [0.05, 0.1) is 6.42 Å². The highest BCUT2D eigenvalue weighted by Gasteiger charge is 2.31. The largest absolute Gasteiger partial charge is 0.481 e. The van der Waals surface area contributed by atoms with Crippen molar-refractivity contribution in [3.8, 4) is 0 Å². The highest BCUT2D eigenvalue weighted by molar-refractivity contribution is 5.67. The molecule has 0 aromatic heterocycles. The lowest BCUT2D eigenvalue weighted by Gasteiger charge is -2.07. The van der Waals surface area contributed by atoms with Crippen LogP contribution in [0.15, 0.2) is 0 Å². The monoisotopic (exact) mass is 161 g/mol. The molecule has 1 aliphatic rings. The van der Waals surface area contributed by atoms with Crippen molar-refractivity contribution in [2.24, 2.45) is 5.92 Å². The van der Waals surface area contributed by atoms with Gasteiger partial charge in [0.2, 0.25) is 0 Å². The van der Waals surface area contributed by atoms with E-state index in [1.807, 2.05) is 4.90 Å². The molecule has 0 aromatic rings. The summed E-state index contributed by atoms with van der Waals surface area (Å²) < 4.78 is 12.9. The average molecular weight is 161 g/mol. The average Bonchev–Trinajstić information content (AvgIpc) is 2.09. The van der Waals surface area contributed by atoms with E-state index in [1.165, 1.54) is 0 Å². The van der Waals surface area contributed by atoms with Crippen LogP contribution >= 0.6 is 0 Å². The number of carboxylic acids is 1. The maximum atomic E-state index is 12.9. The van der Waals surface area contributed by atoms with E-state index in [9.17, 15) is 9.18 Å². The first-order valence-corrected chi connectivity index (χ1v) is 3.64. The van der Waals surface area contributed by atoms with Crippen LogP contribution < -0.4 is 0 Å². The molecule has 0 aromatic carbocycles. The van der Waals surface area contributed by atoms with E-state index in [2.05, 4.69) is 0 Å². The van der Waals surface area contributed by atoms with Crippen molar-refractivity contribution >= 4 is 5.97 Å². The molecule has 1 rings (SSSR count). The topological polar surface area (TPSA) is 40.5 Å². The normalized spacial score (nSPS) is 32.5. The van der Waals surface area contributed by atoms with E-state index in [-0.39, 0.29) is 12.3 Å². The molecule has 1 N–H and O–H groups in total. The molecular weight excluding hydrogens is 149 g/mol. The summed E-state index contributed by atoms with van der Waals surface area (Å²) in [5.41, 5.74) is 0. The van der Waals surface area contributed by atoms with Gasteiger partial charge in [0, 0.05) is 19.0 Å². The molecule has 3 nitrogen and oxygen atoms in total. The van der Waals surface area contributed by atoms with Crippen LogP contribution in [0.5, 0.6) is 0 Å². The number of likely N-dealkylation sites (tertiary alicyclic amines) is 1. The molecule has 0 aliphatic carbocycles. The number of carboxylic acid groups (broad SMARTS) is 1. The maximum Gasteiger partial charge on any atom is 0.303 e. The van der Waals surface area contributed by atoms with Gasteiger partial charge in [-0.15, -0.1) is 0 Å². The standard InChI is InChI=1S/C7H12FNO2/c1-9-3-5(2-7(10)11)6(8)4-9/h5-6H,2-4H2,1H3,(H,10,11)/t5-,6+/m0/s1. The Labute approximate surface area is 64.8 Å². The molecule has 1 saturated heterocycles. The summed E-state index contributed by atoms with van der Waals surface area (Å²) in [6.07, 6.45) is -1.01. The van der Waals surface area contributed by atoms with Gasteiger partial charge in [0.1, 0.15) is 6.17 Å². The van der Waals surface area contributed by atoms with Gasteiger partial charge in [-0.1, -0.05) is 0 Å². The quantitative estimate of drug-likeness (QED) is 0.635. The van der Waals surface area contributed by atoms with E-state index < -0.39 is 12.1 Å². The number of alkyl halides is 1. The first-order valence-electron chi connectivity index (χ1n) is 3.64. The van der Waals surface area contributed by atoms with Crippen LogP contribution in [0.25, 0.3) is 0 Å². The van der Waals surface area contributed by atoms with Gasteiger partial charge < -0.3 is 10.0 Å². The first-order chi connectivity index (χ1) is 5.09. The van der Waals surface area contributed by atoms with Gasteiger partial charge in [-0.25, -0.2) is 4.39 Å². The Morgan fingerprint density at radius 3 is 2.73 bits per heavy atom. The number of halogens is 1. The third-order valence-corrected chi connectivity index (χ3v) is 1.98. The van der Waals surface area contributed by atoms with E-state index >= 15 is 0 Å². The lowest BCUT2D eigenvalue weighted by atomic mass is 10.0. The zero-order valence-corrected chi connectivity index (χ0v) is 6.46. The predicted octanol–water partition coefficient (Wildman–Crippen LogP) is 0.361. The minimum atomic E-state index is -0.962. The van der Waals surface area contributed by atoms with Crippen molar-refractivity contribution < 1.29 is 14.3 Å². The third kappa shape index (κ3) is 2.15. The first kappa shape index (κ1) is 8.46. The van der Waals surface area contributed by atoms with Crippen LogP contribution in [-0.4, -0.2) is 42.3 Å². The Morgan fingerprint density at radius 2 is 2.36 bits per heavy atom. The van der Waals surface area contributed by atoms with Gasteiger partial charge in [0.15, 0.2) is 0 Å². The van der Waals surface area contributed by atoms with Crippen molar-refractivity contribution in [3.05, 3.63) is 0 Å². The smallest absolute Gasteiger partial charge is 0.303 e. The molecule has 0 amide bonds. The van der Waals surface area contributed by atoms with E-state index in [1.54, 1.807) is 7.05 Å². The number of nitrogens with zero attached hydrogens (tertiary/aromatic N) is 1. The van der Waals surface area contributed by atoms with Gasteiger partial charge in [-0.2, -0.15) is 0 Å². The van der Waals surface area contributed by atoms with E-state index in [4.69, 9.17) is 5.11 Å². The van der Waals surface area contributed by atoms with Crippen LogP contribution in [0.3, 0.4) is 0 Å². The molecule has 0 spiro atoms. The minimum absolute atomic E-state index is 0.0501. The molecule has 1 heterocycles. The van der Waals surface area contributed by atoms with Crippen molar-refractivity contribution in [1.82, 2.24) is 4.90 Å². The highest BCUT2D eigenvalue weighted by Crippen LogP contribution is 2.21. The molecule has 1 fully saturated rings. The van der Waals surface area contributed by atoms with E-state index in [0.29, 0.717) is 13.1 Å². The van der Waals surface area contributed by atoms with Crippen LogP contribution in [0.2, 0.25) is 0 Å². The van der Waals surface area contributed by atoms with Gasteiger partial charge in [-0.3, -0.25) is 4.79 Å². The second kappa shape index (κ2) is 3.17. The Bertz CT molecular complexity index is 163. The van der Waals surface area contributed by atoms with E-state index in [0.717, 1.165) is 0 Å². The Hall–Kier alpha value is -0.640. The fourth-order valence-electron chi connectivity index (χ4n) is 1.45. The lowest BCUT2D eigenvalue weighted by Crippen LogP contribution is -2.17. The van der Waals surface area contributed by atoms with Crippen LogP contribution in [-0.2, 0) is 4.79 Å². The number of hydrogen-bond acceptors (Lipinski definition) is 2. The van der Waals surface area contributed by atoms with Crippen molar-refractivity contribution in [2.45, 2.75) is 12.6 Å². The summed E-state index contributed by atoms with van der Waals surface area (Å²) in [6.45, 7) is 0.936. The van der Waals surface area contributed by atoms with Crippen LogP contribution in [0.1, 0.15) is 6.42 Å². The molecule has 0 unspecified atom stereocenters. The molecule has 64 valence electrons. The van der Waals surface area contributed by atoms with Crippen LogP contribution in [0, 0.1) is 5.92 Å². The molecule has 4 heteroatoms. The van der Waals surface area contributed by atoms with Gasteiger partial charge in [-0.05, 0) is 7.05 Å². The molecule has 0 bridgehead atoms. The van der Waals surface area contributed by atoms with Gasteiger partial charge >= 0.3 is 5.97 Å². The molecule has 0 radical (unpaired) electrons. The van der Waals surface area contributed by atoms with Crippen molar-refractivity contribution in [3.63, 3.8) is 0 Å². The molecular formula is C7H12FNO2. The zero-order chi connectivity index (χ0) is 8.43. The van der Waals surface area contributed by atoms with Crippen LogP contribution in [0.4, 0.5) is 4.39 Å². The molecule has 11 heavy (non-hydrogen) atoms. The summed E-state index contributed by atoms with van der Waals surface area (Å²) in [4.78, 5) is 12.0. The minimum Gasteiger partial charge on any atom is -0.481 e. The summed E-state index contributed by atoms with van der Waals surface area (Å²) in [6, 6.07) is 0. The Balaban J connectivity index is 2.40. The molecule has 2 atom stereocenters. The van der Waals surface area contributed by atoms with Crippen molar-refractivity contribution in [2.75, 3.05) is 20.1 Å². The fourth-order valence-corrected chi connectivity index (χ4v) is 1.45. The third-order valence-electron chi connectivity index (χ3n) is 1.98. The number of hydrogen-bond donors (Lipinski definition) is 1. The summed E-state index contributed by atoms with van der Waals surface area (Å²) in [7, 11) is 1.80. The zero-order valence-electron chi connectivity index (χ0n) is 6.46. The molecule has 1 aliphatic heterocycles. The number of carbonyl (C=O) groups is 1. The number of aliphatic carboxylic acids is 1. The Morgan fingerprint density at radius 1 is 1.73 bits per heavy atom. The number of rotatable bonds is 2. The molecule has 0 saturated carbocycles. The second-order valence-corrected chi connectivity index (χ2v) is 3.10. The fraction of sp³-hybridized carbons (Fsp3) is 0.857. The Kier molecular flexibility index (Phi) is 2.44. The maximum absolute atomic E-state index is 12.9. The second-order valence-electron chi connectivity index (χ2n) is 3.10.